The quantitative estimate of drug-likeness (QED) is 0.411. The molecule has 20 heavy (non-hydrogen) atoms. The van der Waals surface area contributed by atoms with E-state index >= 15 is 0 Å². The average Bonchev–Trinajstić information content (AvgIpc) is 3.05. The van der Waals surface area contributed by atoms with E-state index in [4.69, 9.17) is 11.6 Å². The maximum Gasteiger partial charge on any atom is 0.191 e. The first-order valence-corrected chi connectivity index (χ1v) is 7.69. The van der Waals surface area contributed by atoms with Crippen LogP contribution < -0.4 is 0 Å². The van der Waals surface area contributed by atoms with E-state index in [1.165, 1.54) is 0 Å². The van der Waals surface area contributed by atoms with Crippen molar-refractivity contribution in [2.45, 2.75) is 11.6 Å². The summed E-state index contributed by atoms with van der Waals surface area (Å²) in [7, 11) is 1.96. The number of thioether (sulfide) groups is 1. The van der Waals surface area contributed by atoms with Crippen LogP contribution in [-0.4, -0.2) is 41.0 Å². The Hall–Kier alpha value is -1.60. The van der Waals surface area contributed by atoms with Crippen molar-refractivity contribution in [3.8, 4) is 11.4 Å². The molecule has 0 aliphatic carbocycles. The number of pyridine rings is 1. The van der Waals surface area contributed by atoms with E-state index in [0.29, 0.717) is 5.88 Å². The fraction of sp³-hybridized carbons (Fsp3) is 0.333. The van der Waals surface area contributed by atoms with Crippen LogP contribution in [0, 0.1) is 0 Å². The van der Waals surface area contributed by atoms with Gasteiger partial charge < -0.3 is 4.57 Å². The number of alkyl halides is 1. The van der Waals surface area contributed by atoms with Gasteiger partial charge in [-0.3, -0.25) is 4.40 Å². The molecule has 3 aromatic rings. The third-order valence-electron chi connectivity index (χ3n) is 2.90. The largest absolute Gasteiger partial charge is 0.305 e. The van der Waals surface area contributed by atoms with Crippen LogP contribution in [-0.2, 0) is 7.05 Å². The minimum Gasteiger partial charge on any atom is -0.305 e. The lowest BCUT2D eigenvalue weighted by atomic mass is 10.2. The number of rotatable bonds is 5. The summed E-state index contributed by atoms with van der Waals surface area (Å²) in [6, 6.07) is 3.93. The second kappa shape index (κ2) is 5.80. The molecular formula is C12H13ClN6S. The van der Waals surface area contributed by atoms with E-state index in [1.807, 2.05) is 34.3 Å². The van der Waals surface area contributed by atoms with Crippen LogP contribution in [0.2, 0.25) is 0 Å². The molecule has 0 aliphatic heterocycles. The predicted octanol–water partition coefficient (Wildman–Crippen LogP) is 2.25. The molecule has 0 radical (unpaired) electrons. The zero-order valence-corrected chi connectivity index (χ0v) is 12.5. The summed E-state index contributed by atoms with van der Waals surface area (Å²) in [6.45, 7) is 0. The van der Waals surface area contributed by atoms with Crippen LogP contribution in [0.1, 0.15) is 6.42 Å². The molecule has 0 saturated heterocycles. The second-order valence-electron chi connectivity index (χ2n) is 4.27. The molecule has 0 amide bonds. The van der Waals surface area contributed by atoms with Crippen LogP contribution in [0.15, 0.2) is 29.8 Å². The molecule has 3 rings (SSSR count). The van der Waals surface area contributed by atoms with Crippen LogP contribution in [0.5, 0.6) is 0 Å². The minimum absolute atomic E-state index is 0.668. The number of hydrogen-bond acceptors (Lipinski definition) is 5. The van der Waals surface area contributed by atoms with Crippen molar-refractivity contribution < 1.29 is 0 Å². The highest BCUT2D eigenvalue weighted by atomic mass is 35.5. The standard InChI is InChI=1S/C12H13ClN6S/c1-18-11(16-17-12(18)20-6-2-4-13)9-3-5-19-8-14-15-10(19)7-9/h3,5,7-8H,2,4,6H2,1H3. The van der Waals surface area contributed by atoms with Gasteiger partial charge in [0.25, 0.3) is 0 Å². The van der Waals surface area contributed by atoms with Gasteiger partial charge in [-0.15, -0.1) is 32.0 Å². The maximum absolute atomic E-state index is 5.68. The van der Waals surface area contributed by atoms with Gasteiger partial charge in [0.2, 0.25) is 0 Å². The molecule has 0 unspecified atom stereocenters. The minimum atomic E-state index is 0.668. The number of aromatic nitrogens is 6. The second-order valence-corrected chi connectivity index (χ2v) is 5.71. The van der Waals surface area contributed by atoms with Gasteiger partial charge in [0.05, 0.1) is 0 Å². The molecule has 0 fully saturated rings. The summed E-state index contributed by atoms with van der Waals surface area (Å²) >= 11 is 7.35. The fourth-order valence-electron chi connectivity index (χ4n) is 1.87. The van der Waals surface area contributed by atoms with Gasteiger partial charge in [-0.1, -0.05) is 11.8 Å². The first-order valence-electron chi connectivity index (χ1n) is 6.17. The van der Waals surface area contributed by atoms with E-state index in [1.54, 1.807) is 18.1 Å². The smallest absolute Gasteiger partial charge is 0.191 e. The Morgan fingerprint density at radius 3 is 3.05 bits per heavy atom. The molecular weight excluding hydrogens is 296 g/mol. The Bertz CT molecular complexity index is 722. The Morgan fingerprint density at radius 1 is 1.30 bits per heavy atom. The number of fused-ring (bicyclic) bond motifs is 1. The van der Waals surface area contributed by atoms with Gasteiger partial charge in [-0.25, -0.2) is 0 Å². The van der Waals surface area contributed by atoms with Gasteiger partial charge >= 0.3 is 0 Å². The molecule has 8 heteroatoms. The van der Waals surface area contributed by atoms with Crippen molar-refractivity contribution in [2.24, 2.45) is 7.05 Å². The molecule has 0 bridgehead atoms. The van der Waals surface area contributed by atoms with Crippen LogP contribution in [0.3, 0.4) is 0 Å². The summed E-state index contributed by atoms with van der Waals surface area (Å²) in [5.74, 6) is 2.43. The van der Waals surface area contributed by atoms with E-state index < -0.39 is 0 Å². The Morgan fingerprint density at radius 2 is 2.20 bits per heavy atom. The highest BCUT2D eigenvalue weighted by Gasteiger charge is 2.11. The summed E-state index contributed by atoms with van der Waals surface area (Å²) in [4.78, 5) is 0. The lowest BCUT2D eigenvalue weighted by Gasteiger charge is -2.03. The zero-order chi connectivity index (χ0) is 13.9. The molecule has 104 valence electrons. The van der Waals surface area contributed by atoms with Crippen molar-refractivity contribution in [2.75, 3.05) is 11.6 Å². The third kappa shape index (κ3) is 2.51. The predicted molar refractivity (Wildman–Crippen MR) is 79.0 cm³/mol. The fourth-order valence-corrected chi connectivity index (χ4v) is 3.01. The normalized spacial score (nSPS) is 11.3. The summed E-state index contributed by atoms with van der Waals surface area (Å²) in [5, 5.41) is 17.3. The molecule has 0 saturated carbocycles. The van der Waals surface area contributed by atoms with Crippen molar-refractivity contribution >= 4 is 29.0 Å². The highest BCUT2D eigenvalue weighted by Crippen LogP contribution is 2.23. The summed E-state index contributed by atoms with van der Waals surface area (Å²) < 4.78 is 3.84. The van der Waals surface area contributed by atoms with E-state index in [-0.39, 0.29) is 0 Å². The monoisotopic (exact) mass is 308 g/mol. The maximum atomic E-state index is 5.68. The van der Waals surface area contributed by atoms with Gasteiger partial charge in [-0.05, 0) is 18.6 Å². The van der Waals surface area contributed by atoms with E-state index in [0.717, 1.165) is 34.4 Å². The van der Waals surface area contributed by atoms with Gasteiger partial charge in [0.1, 0.15) is 6.33 Å². The third-order valence-corrected chi connectivity index (χ3v) is 4.28. The molecule has 0 spiro atoms. The molecule has 0 N–H and O–H groups in total. The zero-order valence-electron chi connectivity index (χ0n) is 10.9. The van der Waals surface area contributed by atoms with Gasteiger partial charge in [-0.2, -0.15) is 0 Å². The van der Waals surface area contributed by atoms with Crippen molar-refractivity contribution in [1.29, 1.82) is 0 Å². The van der Waals surface area contributed by atoms with Crippen molar-refractivity contribution in [3.05, 3.63) is 24.7 Å². The topological polar surface area (TPSA) is 60.9 Å². The highest BCUT2D eigenvalue weighted by molar-refractivity contribution is 7.99. The molecule has 3 heterocycles. The lowest BCUT2D eigenvalue weighted by Crippen LogP contribution is -1.96. The molecule has 3 aromatic heterocycles. The Balaban J connectivity index is 1.89. The van der Waals surface area contributed by atoms with E-state index in [9.17, 15) is 0 Å². The van der Waals surface area contributed by atoms with Crippen LogP contribution >= 0.6 is 23.4 Å². The van der Waals surface area contributed by atoms with Gasteiger partial charge in [0.15, 0.2) is 16.6 Å². The SMILES string of the molecule is Cn1c(SCCCCl)nnc1-c1ccn2cnnc2c1. The molecule has 0 aliphatic rings. The van der Waals surface area contributed by atoms with Crippen LogP contribution in [0.25, 0.3) is 17.0 Å². The number of hydrogen-bond donors (Lipinski definition) is 0. The van der Waals surface area contributed by atoms with Crippen molar-refractivity contribution in [1.82, 2.24) is 29.4 Å². The number of nitrogens with zero attached hydrogens (tertiary/aromatic N) is 6. The van der Waals surface area contributed by atoms with Crippen LogP contribution in [0.4, 0.5) is 0 Å². The molecule has 6 nitrogen and oxygen atoms in total. The first kappa shape index (κ1) is 13.4. The summed E-state index contributed by atoms with van der Waals surface area (Å²) in [5.41, 5.74) is 1.77. The van der Waals surface area contributed by atoms with Gasteiger partial charge in [0, 0.05) is 30.4 Å². The lowest BCUT2D eigenvalue weighted by molar-refractivity contribution is 0.793. The average molecular weight is 309 g/mol. The molecule has 0 atom stereocenters. The van der Waals surface area contributed by atoms with E-state index in [2.05, 4.69) is 20.4 Å². The van der Waals surface area contributed by atoms with Crippen molar-refractivity contribution in [3.63, 3.8) is 0 Å². The molecule has 0 aromatic carbocycles. The first-order chi connectivity index (χ1) is 9.79. The Kier molecular flexibility index (Phi) is 3.88. The number of halogens is 1. The Labute approximate surface area is 125 Å². The summed E-state index contributed by atoms with van der Waals surface area (Å²) in [6.07, 6.45) is 4.54.